The summed E-state index contributed by atoms with van der Waals surface area (Å²) in [6, 6.07) is -0.396. The highest BCUT2D eigenvalue weighted by Crippen LogP contribution is 2.29. The van der Waals surface area contributed by atoms with Gasteiger partial charge in [-0.3, -0.25) is 0 Å². The van der Waals surface area contributed by atoms with Crippen LogP contribution in [0.2, 0.25) is 0 Å². The Morgan fingerprint density at radius 1 is 1.29 bits per heavy atom. The zero-order valence-corrected chi connectivity index (χ0v) is 10.6. The molecule has 3 N–H and O–H groups in total. The van der Waals surface area contributed by atoms with Crippen molar-refractivity contribution in [1.82, 2.24) is 9.97 Å². The van der Waals surface area contributed by atoms with E-state index in [-0.39, 0.29) is 13.2 Å². The van der Waals surface area contributed by atoms with Crippen molar-refractivity contribution in [3.05, 3.63) is 16.8 Å². The lowest BCUT2D eigenvalue weighted by Gasteiger charge is -2.15. The van der Waals surface area contributed by atoms with Gasteiger partial charge in [-0.2, -0.15) is 0 Å². The predicted molar refractivity (Wildman–Crippen MR) is 68.5 cm³/mol. The number of aryl methyl sites for hydroxylation is 2. The standard InChI is InChI=1S/C11H15N3O2S/c1-6-5-17-11-9(6)10(12-7(2)13-11)14-8(3-15)4-16/h5,8,15-16H,3-4H2,1-2H3,(H,12,13,14). The van der Waals surface area contributed by atoms with Gasteiger partial charge in [-0.05, 0) is 24.8 Å². The van der Waals surface area contributed by atoms with Crippen molar-refractivity contribution in [2.75, 3.05) is 18.5 Å². The highest BCUT2D eigenvalue weighted by Gasteiger charge is 2.13. The minimum Gasteiger partial charge on any atom is -0.394 e. The molecule has 0 aromatic carbocycles. The molecular weight excluding hydrogens is 238 g/mol. The molecule has 0 spiro atoms. The Balaban J connectivity index is 2.47. The molecule has 0 saturated heterocycles. The summed E-state index contributed by atoms with van der Waals surface area (Å²) < 4.78 is 0. The molecule has 0 aliphatic carbocycles. The Hall–Kier alpha value is -1.24. The first-order chi connectivity index (χ1) is 8.15. The lowest BCUT2D eigenvalue weighted by Crippen LogP contribution is -2.28. The van der Waals surface area contributed by atoms with Crippen LogP contribution < -0.4 is 5.32 Å². The number of anilines is 1. The van der Waals surface area contributed by atoms with Crippen LogP contribution >= 0.6 is 11.3 Å². The number of fused-ring (bicyclic) bond motifs is 1. The third kappa shape index (κ3) is 2.38. The summed E-state index contributed by atoms with van der Waals surface area (Å²) in [4.78, 5) is 9.61. The third-order valence-corrected chi connectivity index (χ3v) is 3.50. The molecule has 5 nitrogen and oxygen atoms in total. The molecular formula is C11H15N3O2S. The second-order valence-electron chi connectivity index (χ2n) is 3.92. The second-order valence-corrected chi connectivity index (χ2v) is 4.78. The summed E-state index contributed by atoms with van der Waals surface area (Å²) in [6.45, 7) is 3.55. The van der Waals surface area contributed by atoms with E-state index < -0.39 is 6.04 Å². The molecule has 92 valence electrons. The minimum absolute atomic E-state index is 0.135. The fourth-order valence-corrected chi connectivity index (χ4v) is 2.60. The van der Waals surface area contributed by atoms with E-state index in [1.165, 1.54) is 0 Å². The Labute approximate surface area is 103 Å². The Morgan fingerprint density at radius 3 is 2.65 bits per heavy atom. The molecule has 6 heteroatoms. The van der Waals surface area contributed by atoms with Crippen LogP contribution in [0.4, 0.5) is 5.82 Å². The van der Waals surface area contributed by atoms with Gasteiger partial charge >= 0.3 is 0 Å². The van der Waals surface area contributed by atoms with E-state index in [2.05, 4.69) is 15.3 Å². The fourth-order valence-electron chi connectivity index (χ4n) is 1.64. The highest BCUT2D eigenvalue weighted by molar-refractivity contribution is 7.17. The van der Waals surface area contributed by atoms with Gasteiger partial charge in [-0.15, -0.1) is 11.3 Å². The summed E-state index contributed by atoms with van der Waals surface area (Å²) >= 11 is 1.57. The van der Waals surface area contributed by atoms with Crippen molar-refractivity contribution >= 4 is 27.4 Å². The number of aromatic nitrogens is 2. The van der Waals surface area contributed by atoms with Crippen LogP contribution in [0.1, 0.15) is 11.4 Å². The second kappa shape index (κ2) is 4.95. The predicted octanol–water partition coefficient (Wildman–Crippen LogP) is 1.07. The molecule has 0 fully saturated rings. The maximum atomic E-state index is 9.09. The van der Waals surface area contributed by atoms with Crippen molar-refractivity contribution in [3.8, 4) is 0 Å². The van der Waals surface area contributed by atoms with Crippen LogP contribution in [-0.4, -0.2) is 39.4 Å². The summed E-state index contributed by atoms with van der Waals surface area (Å²) in [5.74, 6) is 1.36. The SMILES string of the molecule is Cc1nc(NC(CO)CO)c2c(C)csc2n1. The average molecular weight is 253 g/mol. The molecule has 0 aliphatic heterocycles. The average Bonchev–Trinajstić information content (AvgIpc) is 2.67. The van der Waals surface area contributed by atoms with E-state index in [1.54, 1.807) is 11.3 Å². The molecule has 0 atom stereocenters. The maximum Gasteiger partial charge on any atom is 0.139 e. The summed E-state index contributed by atoms with van der Waals surface area (Å²) in [7, 11) is 0. The fraction of sp³-hybridized carbons (Fsp3) is 0.455. The number of nitrogens with zero attached hydrogens (tertiary/aromatic N) is 2. The number of aliphatic hydroxyl groups excluding tert-OH is 2. The van der Waals surface area contributed by atoms with Crippen molar-refractivity contribution in [3.63, 3.8) is 0 Å². The van der Waals surface area contributed by atoms with Crippen LogP contribution in [0.5, 0.6) is 0 Å². The molecule has 2 rings (SSSR count). The van der Waals surface area contributed by atoms with Crippen LogP contribution in [0, 0.1) is 13.8 Å². The van der Waals surface area contributed by atoms with Gasteiger partial charge in [0.1, 0.15) is 16.5 Å². The number of nitrogens with one attached hydrogen (secondary N) is 1. The van der Waals surface area contributed by atoms with Crippen LogP contribution in [0.15, 0.2) is 5.38 Å². The first-order valence-corrected chi connectivity index (χ1v) is 6.24. The van der Waals surface area contributed by atoms with Crippen LogP contribution in [-0.2, 0) is 0 Å². The van der Waals surface area contributed by atoms with Crippen molar-refractivity contribution in [2.24, 2.45) is 0 Å². The van der Waals surface area contributed by atoms with Gasteiger partial charge in [0.2, 0.25) is 0 Å². The molecule has 0 unspecified atom stereocenters. The lowest BCUT2D eigenvalue weighted by molar-refractivity contribution is 0.203. The lowest BCUT2D eigenvalue weighted by atomic mass is 10.2. The van der Waals surface area contributed by atoms with Gasteiger partial charge in [-0.1, -0.05) is 0 Å². The number of hydrogen-bond acceptors (Lipinski definition) is 6. The maximum absolute atomic E-state index is 9.09. The van der Waals surface area contributed by atoms with Gasteiger partial charge in [-0.25, -0.2) is 9.97 Å². The molecule has 2 aromatic rings. The number of thiophene rings is 1. The number of rotatable bonds is 4. The zero-order valence-electron chi connectivity index (χ0n) is 9.77. The number of hydrogen-bond donors (Lipinski definition) is 3. The van der Waals surface area contributed by atoms with E-state index >= 15 is 0 Å². The van der Waals surface area contributed by atoms with Crippen molar-refractivity contribution < 1.29 is 10.2 Å². The monoisotopic (exact) mass is 253 g/mol. The first kappa shape index (κ1) is 12.2. The van der Waals surface area contributed by atoms with E-state index in [9.17, 15) is 0 Å². The molecule has 0 saturated carbocycles. The Bertz CT molecular complexity index is 523. The van der Waals surface area contributed by atoms with Gasteiger partial charge in [0.25, 0.3) is 0 Å². The summed E-state index contributed by atoms with van der Waals surface area (Å²) in [5, 5.41) is 24.2. The molecule has 17 heavy (non-hydrogen) atoms. The molecule has 2 heterocycles. The van der Waals surface area contributed by atoms with Gasteiger partial charge in [0.05, 0.1) is 24.6 Å². The minimum atomic E-state index is -0.396. The zero-order chi connectivity index (χ0) is 12.4. The molecule has 0 amide bonds. The number of aliphatic hydroxyl groups is 2. The van der Waals surface area contributed by atoms with Gasteiger partial charge in [0.15, 0.2) is 0 Å². The van der Waals surface area contributed by atoms with E-state index in [0.717, 1.165) is 15.8 Å². The first-order valence-electron chi connectivity index (χ1n) is 5.36. The van der Waals surface area contributed by atoms with Gasteiger partial charge in [0, 0.05) is 0 Å². The molecule has 2 aromatic heterocycles. The third-order valence-electron chi connectivity index (χ3n) is 2.51. The quantitative estimate of drug-likeness (QED) is 0.759. The summed E-state index contributed by atoms with van der Waals surface area (Å²) in [6.07, 6.45) is 0. The topological polar surface area (TPSA) is 78.3 Å². The van der Waals surface area contributed by atoms with E-state index in [0.29, 0.717) is 11.6 Å². The molecule has 0 radical (unpaired) electrons. The van der Waals surface area contributed by atoms with Crippen LogP contribution in [0.25, 0.3) is 10.2 Å². The largest absolute Gasteiger partial charge is 0.394 e. The molecule has 0 bridgehead atoms. The van der Waals surface area contributed by atoms with E-state index in [1.807, 2.05) is 19.2 Å². The normalized spacial score (nSPS) is 11.4. The van der Waals surface area contributed by atoms with E-state index in [4.69, 9.17) is 10.2 Å². The van der Waals surface area contributed by atoms with Crippen molar-refractivity contribution in [2.45, 2.75) is 19.9 Å². The van der Waals surface area contributed by atoms with Crippen LogP contribution in [0.3, 0.4) is 0 Å². The Kier molecular flexibility index (Phi) is 3.56. The summed E-state index contributed by atoms with van der Waals surface area (Å²) in [5.41, 5.74) is 1.10. The molecule has 0 aliphatic rings. The smallest absolute Gasteiger partial charge is 0.139 e. The Morgan fingerprint density at radius 2 is 2.00 bits per heavy atom. The highest BCUT2D eigenvalue weighted by atomic mass is 32.1. The van der Waals surface area contributed by atoms with Crippen molar-refractivity contribution in [1.29, 1.82) is 0 Å². The van der Waals surface area contributed by atoms with Gasteiger partial charge < -0.3 is 15.5 Å².